The smallest absolute Gasteiger partial charge is 0.335 e. The zero-order valence-electron chi connectivity index (χ0n) is 11.1. The van der Waals surface area contributed by atoms with Crippen LogP contribution in [-0.4, -0.2) is 21.3 Å². The van der Waals surface area contributed by atoms with Gasteiger partial charge in [0.05, 0.1) is 5.57 Å². The Bertz CT molecular complexity index is 680. The molecule has 0 aliphatic heterocycles. The summed E-state index contributed by atoms with van der Waals surface area (Å²) in [5.74, 6) is -0.757. The third-order valence-corrected chi connectivity index (χ3v) is 2.81. The van der Waals surface area contributed by atoms with Crippen LogP contribution in [-0.2, 0) is 4.79 Å². The van der Waals surface area contributed by atoms with Crippen LogP contribution in [0.3, 0.4) is 0 Å². The van der Waals surface area contributed by atoms with E-state index in [0.29, 0.717) is 5.56 Å². The van der Waals surface area contributed by atoms with Crippen molar-refractivity contribution in [2.45, 2.75) is 0 Å². The van der Waals surface area contributed by atoms with Gasteiger partial charge >= 0.3 is 5.97 Å². The van der Waals surface area contributed by atoms with E-state index in [1.165, 1.54) is 36.4 Å². The zero-order valence-corrected chi connectivity index (χ0v) is 11.1. The van der Waals surface area contributed by atoms with Gasteiger partial charge in [0, 0.05) is 0 Å². The van der Waals surface area contributed by atoms with Crippen LogP contribution in [0.4, 0.5) is 0 Å². The van der Waals surface area contributed by atoms with Crippen molar-refractivity contribution in [3.05, 3.63) is 71.3 Å². The molecule has 0 saturated heterocycles. The van der Waals surface area contributed by atoms with Gasteiger partial charge in [-0.15, -0.1) is 0 Å². The van der Waals surface area contributed by atoms with Crippen molar-refractivity contribution in [2.75, 3.05) is 0 Å². The number of hydrogen-bond acceptors (Lipinski definition) is 3. The van der Waals surface area contributed by atoms with E-state index in [0.717, 1.165) is 5.56 Å². The van der Waals surface area contributed by atoms with E-state index >= 15 is 0 Å². The monoisotopic (exact) mass is 282 g/mol. The summed E-state index contributed by atoms with van der Waals surface area (Å²) in [6.45, 7) is 0. The Labute approximate surface area is 121 Å². The molecule has 0 saturated carbocycles. The number of carboxylic acids is 1. The average Bonchev–Trinajstić information content (AvgIpc) is 2.47. The lowest BCUT2D eigenvalue weighted by atomic mass is 10.1. The van der Waals surface area contributed by atoms with Crippen molar-refractivity contribution in [1.29, 1.82) is 0 Å². The van der Waals surface area contributed by atoms with Gasteiger partial charge in [0.2, 0.25) is 0 Å². The standard InChI is InChI=1S/C17H14O4/c18-15-7-2-12(3-8-15)1-6-14(17(20)21)11-13-4-9-16(19)10-5-13/h1-11,18-19H,(H,20,21)/b6-1+,14-11?. The Balaban J connectivity index is 2.25. The summed E-state index contributed by atoms with van der Waals surface area (Å²) in [5, 5.41) is 27.6. The second-order valence-corrected chi connectivity index (χ2v) is 4.42. The number of rotatable bonds is 4. The molecule has 0 fully saturated rings. The Morgan fingerprint density at radius 1 is 0.810 bits per heavy atom. The fraction of sp³-hybridized carbons (Fsp3) is 0. The molecule has 0 unspecified atom stereocenters. The lowest BCUT2D eigenvalue weighted by Gasteiger charge is -1.98. The van der Waals surface area contributed by atoms with Crippen LogP contribution < -0.4 is 0 Å². The number of phenolic OH excluding ortho intramolecular Hbond substituents is 2. The molecule has 0 spiro atoms. The first-order chi connectivity index (χ1) is 10.0. The molecule has 0 aliphatic rings. The molecule has 0 amide bonds. The lowest BCUT2D eigenvalue weighted by Crippen LogP contribution is -1.97. The van der Waals surface area contributed by atoms with Gasteiger partial charge in [-0.2, -0.15) is 0 Å². The number of carbonyl (C=O) groups is 1. The van der Waals surface area contributed by atoms with Crippen LogP contribution >= 0.6 is 0 Å². The highest BCUT2D eigenvalue weighted by Crippen LogP contribution is 2.15. The van der Waals surface area contributed by atoms with Crippen molar-refractivity contribution >= 4 is 18.1 Å². The Morgan fingerprint density at radius 3 is 1.76 bits per heavy atom. The number of aromatic hydroxyl groups is 2. The second-order valence-electron chi connectivity index (χ2n) is 4.42. The normalized spacial score (nSPS) is 11.7. The van der Waals surface area contributed by atoms with E-state index in [1.807, 2.05) is 0 Å². The first kappa shape index (κ1) is 14.4. The van der Waals surface area contributed by atoms with Crippen molar-refractivity contribution in [3.63, 3.8) is 0 Å². The average molecular weight is 282 g/mol. The van der Waals surface area contributed by atoms with Gasteiger partial charge in [0.1, 0.15) is 11.5 Å². The van der Waals surface area contributed by atoms with Gasteiger partial charge in [-0.1, -0.05) is 30.3 Å². The molecule has 21 heavy (non-hydrogen) atoms. The maximum Gasteiger partial charge on any atom is 0.335 e. The largest absolute Gasteiger partial charge is 0.508 e. The van der Waals surface area contributed by atoms with Gasteiger partial charge in [-0.05, 0) is 47.5 Å². The van der Waals surface area contributed by atoms with Crippen LogP contribution in [0.5, 0.6) is 11.5 Å². The molecular formula is C17H14O4. The van der Waals surface area contributed by atoms with Crippen LogP contribution in [0.15, 0.2) is 60.2 Å². The predicted octanol–water partition coefficient (Wildman–Crippen LogP) is 3.28. The summed E-state index contributed by atoms with van der Waals surface area (Å²) in [4.78, 5) is 11.2. The number of carboxylic acid groups (broad SMARTS) is 1. The van der Waals surface area contributed by atoms with Crippen LogP contribution in [0.25, 0.3) is 12.2 Å². The third kappa shape index (κ3) is 4.24. The Morgan fingerprint density at radius 2 is 1.29 bits per heavy atom. The molecule has 4 heteroatoms. The first-order valence-corrected chi connectivity index (χ1v) is 6.26. The van der Waals surface area contributed by atoms with Gasteiger partial charge < -0.3 is 15.3 Å². The van der Waals surface area contributed by atoms with Gasteiger partial charge in [-0.3, -0.25) is 0 Å². The van der Waals surface area contributed by atoms with Crippen molar-refractivity contribution in [1.82, 2.24) is 0 Å². The summed E-state index contributed by atoms with van der Waals surface area (Å²) in [5.41, 5.74) is 1.58. The minimum Gasteiger partial charge on any atom is -0.508 e. The van der Waals surface area contributed by atoms with Crippen LogP contribution in [0.1, 0.15) is 11.1 Å². The minimum atomic E-state index is -1.04. The summed E-state index contributed by atoms with van der Waals surface area (Å²) >= 11 is 0. The maximum absolute atomic E-state index is 11.2. The summed E-state index contributed by atoms with van der Waals surface area (Å²) in [7, 11) is 0. The fourth-order valence-corrected chi connectivity index (χ4v) is 1.70. The molecular weight excluding hydrogens is 268 g/mol. The van der Waals surface area contributed by atoms with E-state index in [2.05, 4.69) is 0 Å². The molecule has 0 heterocycles. The van der Waals surface area contributed by atoms with E-state index < -0.39 is 5.97 Å². The first-order valence-electron chi connectivity index (χ1n) is 6.26. The summed E-state index contributed by atoms with van der Waals surface area (Å²) in [6, 6.07) is 12.7. The van der Waals surface area contributed by atoms with Gasteiger partial charge in [0.15, 0.2) is 0 Å². The van der Waals surface area contributed by atoms with Crippen molar-refractivity contribution in [3.8, 4) is 11.5 Å². The van der Waals surface area contributed by atoms with E-state index in [1.54, 1.807) is 30.3 Å². The molecule has 0 radical (unpaired) electrons. The molecule has 4 nitrogen and oxygen atoms in total. The summed E-state index contributed by atoms with van der Waals surface area (Å²) < 4.78 is 0. The molecule has 106 valence electrons. The third-order valence-electron chi connectivity index (χ3n) is 2.81. The van der Waals surface area contributed by atoms with Gasteiger partial charge in [0.25, 0.3) is 0 Å². The number of aliphatic carboxylic acids is 1. The molecule has 0 aliphatic carbocycles. The highest BCUT2D eigenvalue weighted by molar-refractivity contribution is 5.96. The highest BCUT2D eigenvalue weighted by Gasteiger charge is 2.03. The van der Waals surface area contributed by atoms with Crippen LogP contribution in [0, 0.1) is 0 Å². The molecule has 0 atom stereocenters. The Hall–Kier alpha value is -3.01. The molecule has 3 N–H and O–H groups in total. The fourth-order valence-electron chi connectivity index (χ4n) is 1.70. The molecule has 2 aromatic carbocycles. The van der Waals surface area contributed by atoms with Crippen LogP contribution in [0.2, 0.25) is 0 Å². The van der Waals surface area contributed by atoms with Gasteiger partial charge in [-0.25, -0.2) is 4.79 Å². The molecule has 2 aromatic rings. The Kier molecular flexibility index (Phi) is 4.41. The summed E-state index contributed by atoms with van der Waals surface area (Å²) in [6.07, 6.45) is 4.65. The zero-order chi connectivity index (χ0) is 15.2. The molecule has 0 aromatic heterocycles. The molecule has 2 rings (SSSR count). The number of hydrogen-bond donors (Lipinski definition) is 3. The second kappa shape index (κ2) is 6.43. The maximum atomic E-state index is 11.2. The topological polar surface area (TPSA) is 77.8 Å². The van der Waals surface area contributed by atoms with Crippen molar-refractivity contribution < 1.29 is 20.1 Å². The van der Waals surface area contributed by atoms with E-state index in [-0.39, 0.29) is 17.1 Å². The van der Waals surface area contributed by atoms with E-state index in [9.17, 15) is 20.1 Å². The molecule has 0 bridgehead atoms. The van der Waals surface area contributed by atoms with Crippen molar-refractivity contribution in [2.24, 2.45) is 0 Å². The number of phenols is 2. The SMILES string of the molecule is O=C(O)C(=Cc1ccc(O)cc1)/C=C/c1ccc(O)cc1. The highest BCUT2D eigenvalue weighted by atomic mass is 16.4. The number of benzene rings is 2. The minimum absolute atomic E-state index is 0.119. The predicted molar refractivity (Wildman–Crippen MR) is 80.9 cm³/mol. The quantitative estimate of drug-likeness (QED) is 0.594. The van der Waals surface area contributed by atoms with E-state index in [4.69, 9.17) is 0 Å². The lowest BCUT2D eigenvalue weighted by molar-refractivity contribution is -0.132.